The second kappa shape index (κ2) is 6.42. The van der Waals surface area contributed by atoms with Crippen LogP contribution in [0.25, 0.3) is 10.8 Å². The fourth-order valence-corrected chi connectivity index (χ4v) is 4.62. The molecule has 2 heterocycles. The molecule has 3 aromatic rings. The van der Waals surface area contributed by atoms with E-state index in [0.29, 0.717) is 21.3 Å². The fraction of sp³-hybridized carbons (Fsp3) is 0.211. The smallest absolute Gasteiger partial charge is 0.344 e. The van der Waals surface area contributed by atoms with E-state index < -0.39 is 17.4 Å². The molecular weight excluding hydrogens is 352 g/mol. The van der Waals surface area contributed by atoms with E-state index in [-0.39, 0.29) is 5.76 Å². The van der Waals surface area contributed by atoms with Crippen molar-refractivity contribution in [2.24, 2.45) is 5.73 Å². The van der Waals surface area contributed by atoms with Gasteiger partial charge >= 0.3 is 5.63 Å². The van der Waals surface area contributed by atoms with Gasteiger partial charge in [0, 0.05) is 4.88 Å². The molecule has 7 heteroatoms. The maximum Gasteiger partial charge on any atom is 0.344 e. The Morgan fingerprint density at radius 2 is 1.92 bits per heavy atom. The van der Waals surface area contributed by atoms with Gasteiger partial charge in [-0.2, -0.15) is 0 Å². The zero-order valence-electron chi connectivity index (χ0n) is 13.8. The van der Waals surface area contributed by atoms with Crippen LogP contribution >= 0.6 is 11.3 Å². The van der Waals surface area contributed by atoms with Gasteiger partial charge in [-0.3, -0.25) is 9.59 Å². The van der Waals surface area contributed by atoms with Crippen molar-refractivity contribution in [3.8, 4) is 0 Å². The van der Waals surface area contributed by atoms with Crippen LogP contribution in [0, 0.1) is 0 Å². The molecule has 0 saturated heterocycles. The van der Waals surface area contributed by atoms with E-state index in [1.54, 1.807) is 24.3 Å². The molecule has 1 aliphatic rings. The number of primary amides is 1. The van der Waals surface area contributed by atoms with Gasteiger partial charge in [0.15, 0.2) is 5.76 Å². The first-order chi connectivity index (χ1) is 12.5. The number of hydrogen-bond acceptors (Lipinski definition) is 5. The number of nitrogens with two attached hydrogens (primary N) is 1. The summed E-state index contributed by atoms with van der Waals surface area (Å²) in [6.07, 6.45) is 3.71. The van der Waals surface area contributed by atoms with Crippen LogP contribution in [0.5, 0.6) is 0 Å². The molecule has 2 amide bonds. The van der Waals surface area contributed by atoms with Gasteiger partial charge in [-0.1, -0.05) is 18.2 Å². The third-order valence-electron chi connectivity index (χ3n) is 4.54. The Morgan fingerprint density at radius 3 is 2.73 bits per heavy atom. The number of fused-ring (bicyclic) bond motifs is 2. The normalized spacial score (nSPS) is 13.4. The first-order valence-corrected chi connectivity index (χ1v) is 9.15. The summed E-state index contributed by atoms with van der Waals surface area (Å²) in [5, 5.41) is 4.16. The summed E-state index contributed by atoms with van der Waals surface area (Å²) < 4.78 is 5.15. The lowest BCUT2D eigenvalue weighted by Gasteiger charge is -2.11. The number of hydrogen-bond donors (Lipinski definition) is 2. The number of benzene rings is 1. The van der Waals surface area contributed by atoms with E-state index in [0.717, 1.165) is 36.1 Å². The first-order valence-electron chi connectivity index (χ1n) is 8.33. The predicted octanol–water partition coefficient (Wildman–Crippen LogP) is 3.08. The Kier molecular flexibility index (Phi) is 4.08. The van der Waals surface area contributed by atoms with E-state index in [2.05, 4.69) is 5.32 Å². The van der Waals surface area contributed by atoms with Crippen molar-refractivity contribution in [3.63, 3.8) is 0 Å². The minimum absolute atomic E-state index is 0.101. The highest BCUT2D eigenvalue weighted by Gasteiger charge is 2.25. The van der Waals surface area contributed by atoms with Crippen molar-refractivity contribution < 1.29 is 14.0 Å². The molecule has 0 aliphatic heterocycles. The minimum Gasteiger partial charge on any atom is -0.417 e. The number of carbonyl (C=O) groups is 2. The summed E-state index contributed by atoms with van der Waals surface area (Å²) in [5.74, 6) is -1.23. The van der Waals surface area contributed by atoms with Crippen LogP contribution in [0.4, 0.5) is 5.00 Å². The zero-order valence-corrected chi connectivity index (χ0v) is 14.7. The summed E-state index contributed by atoms with van der Waals surface area (Å²) in [6.45, 7) is 0. The van der Waals surface area contributed by atoms with Crippen LogP contribution in [0.1, 0.15) is 44.2 Å². The van der Waals surface area contributed by atoms with E-state index in [1.807, 2.05) is 0 Å². The van der Waals surface area contributed by atoms with Crippen molar-refractivity contribution in [3.05, 3.63) is 62.5 Å². The van der Waals surface area contributed by atoms with Gasteiger partial charge in [0.25, 0.3) is 11.8 Å². The number of anilines is 1. The van der Waals surface area contributed by atoms with Crippen molar-refractivity contribution in [1.82, 2.24) is 0 Å². The molecule has 0 radical (unpaired) electrons. The molecule has 0 bridgehead atoms. The molecule has 3 N–H and O–H groups in total. The minimum atomic E-state index is -0.575. The second-order valence-electron chi connectivity index (χ2n) is 6.22. The Labute approximate surface area is 152 Å². The van der Waals surface area contributed by atoms with Crippen LogP contribution in [0.3, 0.4) is 0 Å². The largest absolute Gasteiger partial charge is 0.417 e. The summed E-state index contributed by atoms with van der Waals surface area (Å²) >= 11 is 1.37. The maximum atomic E-state index is 12.6. The quantitative estimate of drug-likeness (QED) is 0.741. The maximum absolute atomic E-state index is 12.6. The van der Waals surface area contributed by atoms with Gasteiger partial charge in [-0.15, -0.1) is 11.3 Å². The highest BCUT2D eigenvalue weighted by Crippen LogP contribution is 2.38. The fourth-order valence-electron chi connectivity index (χ4n) is 3.33. The summed E-state index contributed by atoms with van der Waals surface area (Å²) in [6, 6.07) is 8.41. The van der Waals surface area contributed by atoms with Crippen LogP contribution in [0.15, 0.2) is 39.5 Å². The molecule has 26 heavy (non-hydrogen) atoms. The zero-order chi connectivity index (χ0) is 18.3. The highest BCUT2D eigenvalue weighted by molar-refractivity contribution is 7.17. The molecular formula is C19H16N2O4S. The Hall–Kier alpha value is -2.93. The van der Waals surface area contributed by atoms with Gasteiger partial charge < -0.3 is 15.5 Å². The molecule has 0 atom stereocenters. The Balaban J connectivity index is 1.72. The molecule has 0 saturated carbocycles. The van der Waals surface area contributed by atoms with Gasteiger partial charge in [0.1, 0.15) is 5.00 Å². The van der Waals surface area contributed by atoms with E-state index in [4.69, 9.17) is 10.2 Å². The predicted molar refractivity (Wildman–Crippen MR) is 99.9 cm³/mol. The van der Waals surface area contributed by atoms with E-state index >= 15 is 0 Å². The van der Waals surface area contributed by atoms with Gasteiger partial charge in [-0.05, 0) is 48.8 Å². The lowest BCUT2D eigenvalue weighted by molar-refractivity contribution is 0.0993. The van der Waals surface area contributed by atoms with E-state index in [1.165, 1.54) is 17.4 Å². The lowest BCUT2D eigenvalue weighted by atomic mass is 9.95. The molecule has 0 unspecified atom stereocenters. The Bertz CT molecular complexity index is 1100. The van der Waals surface area contributed by atoms with Crippen molar-refractivity contribution in [1.29, 1.82) is 0 Å². The number of rotatable bonds is 3. The SMILES string of the molecule is NC(=O)c1c(NC(=O)c2cc3ccccc3c(=O)o2)sc2c1CCCC2. The average Bonchev–Trinajstić information content (AvgIpc) is 2.99. The second-order valence-corrected chi connectivity index (χ2v) is 7.32. The van der Waals surface area contributed by atoms with Gasteiger partial charge in [-0.25, -0.2) is 4.79 Å². The van der Waals surface area contributed by atoms with Crippen LogP contribution in [-0.2, 0) is 12.8 Å². The van der Waals surface area contributed by atoms with Crippen LogP contribution < -0.4 is 16.7 Å². The molecule has 1 aliphatic carbocycles. The molecule has 1 aromatic carbocycles. The molecule has 2 aromatic heterocycles. The molecule has 0 fully saturated rings. The first kappa shape index (κ1) is 16.5. The third kappa shape index (κ3) is 2.80. The topological polar surface area (TPSA) is 102 Å². The van der Waals surface area contributed by atoms with Crippen molar-refractivity contribution >= 4 is 38.9 Å². The number of carbonyl (C=O) groups excluding carboxylic acids is 2. The van der Waals surface area contributed by atoms with Gasteiger partial charge in [0.05, 0.1) is 10.9 Å². The standard InChI is InChI=1S/C19H16N2O4S/c20-16(22)15-12-7-3-4-8-14(12)26-18(15)21-17(23)13-9-10-5-1-2-6-11(10)19(24)25-13/h1-2,5-6,9H,3-4,7-8H2,(H2,20,22)(H,21,23). The van der Waals surface area contributed by atoms with Crippen molar-refractivity contribution in [2.45, 2.75) is 25.7 Å². The van der Waals surface area contributed by atoms with Gasteiger partial charge in [0.2, 0.25) is 0 Å². The summed E-state index contributed by atoms with van der Waals surface area (Å²) in [5.41, 5.74) is 6.27. The Morgan fingerprint density at radius 1 is 1.15 bits per heavy atom. The summed E-state index contributed by atoms with van der Waals surface area (Å²) in [4.78, 5) is 37.7. The molecule has 132 valence electrons. The average molecular weight is 368 g/mol. The molecule has 4 rings (SSSR count). The molecule has 0 spiro atoms. The number of thiophene rings is 1. The van der Waals surface area contributed by atoms with Crippen molar-refractivity contribution in [2.75, 3.05) is 5.32 Å². The number of amides is 2. The third-order valence-corrected chi connectivity index (χ3v) is 5.75. The van der Waals surface area contributed by atoms with Crippen LogP contribution in [-0.4, -0.2) is 11.8 Å². The van der Waals surface area contributed by atoms with Crippen LogP contribution in [0.2, 0.25) is 0 Å². The lowest BCUT2D eigenvalue weighted by Crippen LogP contribution is -2.19. The highest BCUT2D eigenvalue weighted by atomic mass is 32.1. The summed E-state index contributed by atoms with van der Waals surface area (Å²) in [7, 11) is 0. The van der Waals surface area contributed by atoms with E-state index in [9.17, 15) is 14.4 Å². The molecule has 6 nitrogen and oxygen atoms in total. The number of aryl methyl sites for hydroxylation is 1. The monoisotopic (exact) mass is 368 g/mol. The number of nitrogens with one attached hydrogen (secondary N) is 1.